The first-order chi connectivity index (χ1) is 11.2. The van der Waals surface area contributed by atoms with E-state index in [0.29, 0.717) is 0 Å². The minimum absolute atomic E-state index is 0. The highest BCUT2D eigenvalue weighted by Crippen LogP contribution is 2.14. The van der Waals surface area contributed by atoms with Crippen LogP contribution in [-0.4, -0.2) is 49.8 Å². The van der Waals surface area contributed by atoms with Crippen LogP contribution in [0.1, 0.15) is 18.0 Å². The van der Waals surface area contributed by atoms with Crippen molar-refractivity contribution in [1.82, 2.24) is 10.6 Å². The predicted octanol–water partition coefficient (Wildman–Crippen LogP) is 3.20. The summed E-state index contributed by atoms with van der Waals surface area (Å²) in [6.45, 7) is 6.60. The molecule has 1 aromatic rings. The van der Waals surface area contributed by atoms with Crippen LogP contribution in [-0.2, 0) is 13.3 Å². The summed E-state index contributed by atoms with van der Waals surface area (Å²) in [4.78, 5) is 0. The molecule has 0 aliphatic carbocycles. The molecule has 0 spiro atoms. The van der Waals surface area contributed by atoms with E-state index in [4.69, 9.17) is 13.3 Å². The first-order valence-electron chi connectivity index (χ1n) is 7.98. The number of halogens is 2. The molecule has 2 N–H and O–H groups in total. The molecule has 1 rings (SSSR count). The Morgan fingerprint density at radius 2 is 1.60 bits per heavy atom. The first kappa shape index (κ1) is 26.8. The molecular weight excluding hydrogens is 379 g/mol. The maximum Gasteiger partial charge on any atom is 0.500 e. The summed E-state index contributed by atoms with van der Waals surface area (Å²) in [7, 11) is 2.52. The Bertz CT molecular complexity index is 429. The third-order valence-electron chi connectivity index (χ3n) is 3.83. The van der Waals surface area contributed by atoms with Crippen molar-refractivity contribution < 1.29 is 13.3 Å². The maximum absolute atomic E-state index is 5.40. The van der Waals surface area contributed by atoms with E-state index >= 15 is 0 Å². The van der Waals surface area contributed by atoms with Crippen molar-refractivity contribution in [1.29, 1.82) is 0 Å². The van der Waals surface area contributed by atoms with Crippen LogP contribution in [0, 0.1) is 0 Å². The van der Waals surface area contributed by atoms with Crippen LogP contribution in [0.4, 0.5) is 0 Å². The second kappa shape index (κ2) is 15.8. The molecule has 0 heterocycles. The topological polar surface area (TPSA) is 51.8 Å². The molecule has 0 saturated heterocycles. The van der Waals surface area contributed by atoms with Gasteiger partial charge in [0.2, 0.25) is 0 Å². The molecule has 0 bridgehead atoms. The second-order valence-electron chi connectivity index (χ2n) is 5.23. The van der Waals surface area contributed by atoms with Crippen molar-refractivity contribution in [2.45, 2.75) is 18.5 Å². The van der Waals surface area contributed by atoms with Gasteiger partial charge in [-0.25, -0.2) is 0 Å². The van der Waals surface area contributed by atoms with Gasteiger partial charge in [-0.1, -0.05) is 36.4 Å². The average Bonchev–Trinajstić information content (AvgIpc) is 2.62. The highest BCUT2D eigenvalue weighted by molar-refractivity contribution is 6.60. The SMILES string of the molecule is C=CC(NCCNCCC[Si](OC)(OC)OC)c1ccccc1.Cl.Cl. The minimum Gasteiger partial charge on any atom is -0.377 e. The molecule has 0 saturated carbocycles. The predicted molar refractivity (Wildman–Crippen MR) is 111 cm³/mol. The van der Waals surface area contributed by atoms with Crippen LogP contribution in [0.15, 0.2) is 43.0 Å². The molecule has 0 aliphatic heterocycles. The molecule has 0 amide bonds. The summed E-state index contributed by atoms with van der Waals surface area (Å²) in [6.07, 6.45) is 2.90. The molecule has 0 aromatic heterocycles. The molecule has 0 radical (unpaired) electrons. The van der Waals surface area contributed by atoms with E-state index in [1.54, 1.807) is 21.3 Å². The lowest BCUT2D eigenvalue weighted by atomic mass is 10.1. The molecule has 1 aromatic carbocycles. The van der Waals surface area contributed by atoms with E-state index in [9.17, 15) is 0 Å². The quantitative estimate of drug-likeness (QED) is 0.297. The van der Waals surface area contributed by atoms with Gasteiger partial charge >= 0.3 is 8.80 Å². The van der Waals surface area contributed by atoms with Crippen LogP contribution in [0.2, 0.25) is 6.04 Å². The Hall–Kier alpha value is -0.443. The fraction of sp³-hybridized carbons (Fsp3) is 0.529. The zero-order valence-corrected chi connectivity index (χ0v) is 18.0. The number of nitrogens with one attached hydrogen (secondary N) is 2. The summed E-state index contributed by atoms with van der Waals surface area (Å²) in [6, 6.07) is 11.3. The van der Waals surface area contributed by atoms with Gasteiger partial charge in [0.25, 0.3) is 0 Å². The summed E-state index contributed by atoms with van der Waals surface area (Å²) in [5.41, 5.74) is 1.23. The van der Waals surface area contributed by atoms with Crippen molar-refractivity contribution in [3.8, 4) is 0 Å². The first-order valence-corrected chi connectivity index (χ1v) is 9.91. The lowest BCUT2D eigenvalue weighted by Crippen LogP contribution is -2.43. The highest BCUT2D eigenvalue weighted by atomic mass is 35.5. The highest BCUT2D eigenvalue weighted by Gasteiger charge is 2.36. The van der Waals surface area contributed by atoms with E-state index in [2.05, 4.69) is 29.3 Å². The van der Waals surface area contributed by atoms with Crippen molar-refractivity contribution in [2.24, 2.45) is 0 Å². The van der Waals surface area contributed by atoms with Gasteiger partial charge < -0.3 is 23.9 Å². The molecule has 146 valence electrons. The Kier molecular flexibility index (Phi) is 16.9. The fourth-order valence-corrected chi connectivity index (χ4v) is 4.15. The van der Waals surface area contributed by atoms with E-state index in [1.165, 1.54) is 5.56 Å². The maximum atomic E-state index is 5.40. The number of rotatable bonds is 13. The molecule has 0 fully saturated rings. The Labute approximate surface area is 165 Å². The average molecular weight is 411 g/mol. The molecule has 25 heavy (non-hydrogen) atoms. The van der Waals surface area contributed by atoms with Gasteiger partial charge in [-0.2, -0.15) is 0 Å². The molecular formula is C17H32Cl2N2O3Si. The third kappa shape index (κ3) is 9.72. The van der Waals surface area contributed by atoms with E-state index in [-0.39, 0.29) is 30.9 Å². The molecule has 8 heteroatoms. The van der Waals surface area contributed by atoms with Crippen molar-refractivity contribution in [3.63, 3.8) is 0 Å². The van der Waals surface area contributed by atoms with Crippen molar-refractivity contribution in [3.05, 3.63) is 48.6 Å². The molecule has 1 unspecified atom stereocenters. The van der Waals surface area contributed by atoms with Crippen LogP contribution < -0.4 is 10.6 Å². The van der Waals surface area contributed by atoms with Crippen LogP contribution in [0.3, 0.4) is 0 Å². The lowest BCUT2D eigenvalue weighted by Gasteiger charge is -2.24. The molecule has 0 aliphatic rings. The second-order valence-corrected chi connectivity index (χ2v) is 8.32. The normalized spacial score (nSPS) is 12.0. The summed E-state index contributed by atoms with van der Waals surface area (Å²) in [5, 5.41) is 6.90. The monoisotopic (exact) mass is 410 g/mol. The number of hydrogen-bond donors (Lipinski definition) is 2. The van der Waals surface area contributed by atoms with E-state index < -0.39 is 8.80 Å². The summed E-state index contributed by atoms with van der Waals surface area (Å²) < 4.78 is 16.2. The Morgan fingerprint density at radius 1 is 1.00 bits per heavy atom. The van der Waals surface area contributed by atoms with Crippen LogP contribution in [0.25, 0.3) is 0 Å². The third-order valence-corrected chi connectivity index (χ3v) is 6.66. The zero-order valence-electron chi connectivity index (χ0n) is 15.3. The van der Waals surface area contributed by atoms with Gasteiger partial charge in [0.15, 0.2) is 0 Å². The molecule has 5 nitrogen and oxygen atoms in total. The lowest BCUT2D eigenvalue weighted by molar-refractivity contribution is 0.123. The number of benzene rings is 1. The van der Waals surface area contributed by atoms with E-state index in [1.807, 2.05) is 24.3 Å². The van der Waals surface area contributed by atoms with Crippen molar-refractivity contribution in [2.75, 3.05) is 41.0 Å². The van der Waals surface area contributed by atoms with Crippen LogP contribution in [0.5, 0.6) is 0 Å². The largest absolute Gasteiger partial charge is 0.500 e. The summed E-state index contributed by atoms with van der Waals surface area (Å²) >= 11 is 0. The fourth-order valence-electron chi connectivity index (χ4n) is 2.42. The van der Waals surface area contributed by atoms with Gasteiger partial charge in [-0.3, -0.25) is 0 Å². The number of hydrogen-bond acceptors (Lipinski definition) is 5. The zero-order chi connectivity index (χ0) is 17.0. The smallest absolute Gasteiger partial charge is 0.377 e. The van der Waals surface area contributed by atoms with Gasteiger partial charge in [0.1, 0.15) is 0 Å². The van der Waals surface area contributed by atoms with E-state index in [0.717, 1.165) is 32.1 Å². The van der Waals surface area contributed by atoms with Gasteiger partial charge in [-0.15, -0.1) is 31.4 Å². The Balaban J connectivity index is 0. The van der Waals surface area contributed by atoms with Gasteiger partial charge in [0.05, 0.1) is 6.04 Å². The van der Waals surface area contributed by atoms with Crippen molar-refractivity contribution >= 4 is 33.6 Å². The summed E-state index contributed by atoms with van der Waals surface area (Å²) in [5.74, 6) is 0. The van der Waals surface area contributed by atoms with Gasteiger partial charge in [-0.05, 0) is 18.5 Å². The molecule has 1 atom stereocenters. The standard InChI is InChI=1S/C17H30N2O3Si.2ClH/c1-5-17(16-10-7-6-8-11-16)19-14-13-18-12-9-15-23(20-2,21-3)22-4;;/h5-8,10-11,17-19H,1,9,12-15H2,2-4H3;2*1H. The minimum atomic E-state index is -2.42. The van der Waals surface area contributed by atoms with Crippen LogP contribution >= 0.6 is 24.8 Å². The Morgan fingerprint density at radius 3 is 2.12 bits per heavy atom. The van der Waals surface area contributed by atoms with Gasteiger partial charge in [0, 0.05) is 40.5 Å².